The normalized spacial score (nSPS) is 18.9. The Kier molecular flexibility index (Phi) is 6.73. The SMILES string of the molecule is Cc1ccc(C(C)NC(=O)C2COCCN2)cc1[N+](=O)[O-].Cl. The number of rotatable bonds is 4. The van der Waals surface area contributed by atoms with Crippen molar-refractivity contribution >= 4 is 24.0 Å². The topological polar surface area (TPSA) is 93.5 Å². The first-order chi connectivity index (χ1) is 9.99. The largest absolute Gasteiger partial charge is 0.378 e. The van der Waals surface area contributed by atoms with Crippen molar-refractivity contribution in [3.8, 4) is 0 Å². The summed E-state index contributed by atoms with van der Waals surface area (Å²) < 4.78 is 5.24. The Bertz CT molecular complexity index is 547. The number of nitro groups is 1. The number of nitrogens with one attached hydrogen (secondary N) is 2. The van der Waals surface area contributed by atoms with Gasteiger partial charge < -0.3 is 15.4 Å². The third-order valence-electron chi connectivity index (χ3n) is 3.53. The lowest BCUT2D eigenvalue weighted by Crippen LogP contribution is -2.51. The van der Waals surface area contributed by atoms with E-state index < -0.39 is 4.92 Å². The van der Waals surface area contributed by atoms with Crippen LogP contribution in [0.3, 0.4) is 0 Å². The second-order valence-corrected chi connectivity index (χ2v) is 5.11. The molecule has 0 radical (unpaired) electrons. The molecule has 1 amide bonds. The maximum atomic E-state index is 12.1. The number of hydrogen-bond acceptors (Lipinski definition) is 5. The molecule has 8 heteroatoms. The van der Waals surface area contributed by atoms with Crippen LogP contribution >= 0.6 is 12.4 Å². The number of benzene rings is 1. The number of halogens is 1. The number of ether oxygens (including phenoxy) is 1. The maximum Gasteiger partial charge on any atom is 0.272 e. The summed E-state index contributed by atoms with van der Waals surface area (Å²) in [5.41, 5.74) is 1.37. The van der Waals surface area contributed by atoms with Crippen LogP contribution in [0.15, 0.2) is 18.2 Å². The summed E-state index contributed by atoms with van der Waals surface area (Å²) in [4.78, 5) is 22.6. The lowest BCUT2D eigenvalue weighted by Gasteiger charge is -2.25. The fraction of sp³-hybridized carbons (Fsp3) is 0.500. The monoisotopic (exact) mass is 329 g/mol. The molecule has 7 nitrogen and oxygen atoms in total. The molecular weight excluding hydrogens is 310 g/mol. The van der Waals surface area contributed by atoms with E-state index in [1.165, 1.54) is 6.07 Å². The van der Waals surface area contributed by atoms with Gasteiger partial charge in [0.25, 0.3) is 5.69 Å². The summed E-state index contributed by atoms with van der Waals surface area (Å²) in [6, 6.07) is 4.31. The van der Waals surface area contributed by atoms with Crippen LogP contribution in [0, 0.1) is 17.0 Å². The minimum atomic E-state index is -0.413. The molecule has 0 saturated carbocycles. The molecule has 1 saturated heterocycles. The van der Waals surface area contributed by atoms with E-state index in [2.05, 4.69) is 10.6 Å². The van der Waals surface area contributed by atoms with E-state index in [0.717, 1.165) is 0 Å². The molecule has 2 atom stereocenters. The van der Waals surface area contributed by atoms with Gasteiger partial charge in [0.05, 0.1) is 24.2 Å². The molecule has 122 valence electrons. The van der Waals surface area contributed by atoms with Crippen LogP contribution in [-0.4, -0.2) is 36.6 Å². The van der Waals surface area contributed by atoms with Crippen LogP contribution in [-0.2, 0) is 9.53 Å². The van der Waals surface area contributed by atoms with Crippen molar-refractivity contribution in [3.63, 3.8) is 0 Å². The van der Waals surface area contributed by atoms with E-state index in [-0.39, 0.29) is 36.1 Å². The molecule has 1 aromatic carbocycles. The van der Waals surface area contributed by atoms with Gasteiger partial charge in [-0.2, -0.15) is 0 Å². The van der Waals surface area contributed by atoms with Gasteiger partial charge in [-0.1, -0.05) is 12.1 Å². The molecule has 1 aromatic rings. The molecule has 0 aliphatic carbocycles. The zero-order valence-corrected chi connectivity index (χ0v) is 13.3. The number of morpholine rings is 1. The van der Waals surface area contributed by atoms with Gasteiger partial charge in [-0.25, -0.2) is 0 Å². The van der Waals surface area contributed by atoms with Crippen molar-refractivity contribution in [2.45, 2.75) is 25.9 Å². The standard InChI is InChI=1S/C14H19N3O4.ClH/c1-9-3-4-11(7-13(9)17(19)20)10(2)16-14(18)12-8-21-6-5-15-12;/h3-4,7,10,12,15H,5-6,8H2,1-2H3,(H,16,18);1H. The second kappa shape index (κ2) is 8.07. The Labute approximate surface area is 135 Å². The van der Waals surface area contributed by atoms with E-state index in [0.29, 0.717) is 30.9 Å². The second-order valence-electron chi connectivity index (χ2n) is 5.11. The van der Waals surface area contributed by atoms with Crippen molar-refractivity contribution < 1.29 is 14.5 Å². The van der Waals surface area contributed by atoms with E-state index in [1.54, 1.807) is 26.0 Å². The average molecular weight is 330 g/mol. The summed E-state index contributed by atoms with van der Waals surface area (Å²) in [7, 11) is 0. The molecule has 1 heterocycles. The first-order valence-corrected chi connectivity index (χ1v) is 6.85. The Hall–Kier alpha value is -1.70. The highest BCUT2D eigenvalue weighted by molar-refractivity contribution is 5.85. The number of nitrogens with zero attached hydrogens (tertiary/aromatic N) is 1. The summed E-state index contributed by atoms with van der Waals surface area (Å²) >= 11 is 0. The highest BCUT2D eigenvalue weighted by atomic mass is 35.5. The van der Waals surface area contributed by atoms with Crippen LogP contribution in [0.1, 0.15) is 24.1 Å². The summed E-state index contributed by atoms with van der Waals surface area (Å²) in [5.74, 6) is -0.162. The number of hydrogen-bond donors (Lipinski definition) is 2. The fourth-order valence-corrected chi connectivity index (χ4v) is 2.22. The molecule has 0 bridgehead atoms. The zero-order chi connectivity index (χ0) is 15.4. The molecule has 2 unspecified atom stereocenters. The predicted octanol–water partition coefficient (Wildman–Crippen LogP) is 1.49. The van der Waals surface area contributed by atoms with Crippen molar-refractivity contribution in [1.29, 1.82) is 0 Å². The third-order valence-corrected chi connectivity index (χ3v) is 3.53. The van der Waals surface area contributed by atoms with E-state index in [9.17, 15) is 14.9 Å². The van der Waals surface area contributed by atoms with E-state index in [1.807, 2.05) is 0 Å². The van der Waals surface area contributed by atoms with Crippen molar-refractivity contribution in [3.05, 3.63) is 39.4 Å². The van der Waals surface area contributed by atoms with Gasteiger partial charge in [-0.15, -0.1) is 12.4 Å². The molecule has 22 heavy (non-hydrogen) atoms. The number of aryl methyl sites for hydroxylation is 1. The number of carbonyl (C=O) groups excluding carboxylic acids is 1. The maximum absolute atomic E-state index is 12.1. The van der Waals surface area contributed by atoms with Crippen LogP contribution in [0.25, 0.3) is 0 Å². The first-order valence-electron chi connectivity index (χ1n) is 6.85. The third kappa shape index (κ3) is 4.40. The van der Waals surface area contributed by atoms with Crippen LogP contribution in [0.4, 0.5) is 5.69 Å². The molecule has 2 N–H and O–H groups in total. The minimum Gasteiger partial charge on any atom is -0.378 e. The summed E-state index contributed by atoms with van der Waals surface area (Å²) in [5, 5.41) is 16.9. The van der Waals surface area contributed by atoms with Gasteiger partial charge >= 0.3 is 0 Å². The quantitative estimate of drug-likeness (QED) is 0.645. The molecule has 0 spiro atoms. The van der Waals surface area contributed by atoms with Crippen LogP contribution in [0.2, 0.25) is 0 Å². The summed E-state index contributed by atoms with van der Waals surface area (Å²) in [6.07, 6.45) is 0. The predicted molar refractivity (Wildman–Crippen MR) is 84.2 cm³/mol. The van der Waals surface area contributed by atoms with Gasteiger partial charge in [0.2, 0.25) is 5.91 Å². The van der Waals surface area contributed by atoms with Gasteiger partial charge in [-0.3, -0.25) is 14.9 Å². The number of nitro benzene ring substituents is 1. The van der Waals surface area contributed by atoms with Crippen LogP contribution < -0.4 is 10.6 Å². The Balaban J connectivity index is 0.00000242. The lowest BCUT2D eigenvalue weighted by atomic mass is 10.0. The minimum absolute atomic E-state index is 0. The van der Waals surface area contributed by atoms with Crippen LogP contribution in [0.5, 0.6) is 0 Å². The Morgan fingerprint density at radius 2 is 2.27 bits per heavy atom. The number of amides is 1. The first kappa shape index (κ1) is 18.3. The van der Waals surface area contributed by atoms with Crippen molar-refractivity contribution in [1.82, 2.24) is 10.6 Å². The molecule has 2 rings (SSSR count). The molecular formula is C14H20ClN3O4. The molecule has 1 aliphatic rings. The Morgan fingerprint density at radius 1 is 1.55 bits per heavy atom. The number of carbonyl (C=O) groups is 1. The fourth-order valence-electron chi connectivity index (χ4n) is 2.22. The highest BCUT2D eigenvalue weighted by Crippen LogP contribution is 2.23. The molecule has 1 aliphatic heterocycles. The Morgan fingerprint density at radius 3 is 2.86 bits per heavy atom. The van der Waals surface area contributed by atoms with Gasteiger partial charge in [0.15, 0.2) is 0 Å². The van der Waals surface area contributed by atoms with E-state index in [4.69, 9.17) is 4.74 Å². The van der Waals surface area contributed by atoms with Gasteiger partial charge in [-0.05, 0) is 19.4 Å². The highest BCUT2D eigenvalue weighted by Gasteiger charge is 2.23. The summed E-state index contributed by atoms with van der Waals surface area (Å²) in [6.45, 7) is 5.07. The average Bonchev–Trinajstić information content (AvgIpc) is 2.48. The van der Waals surface area contributed by atoms with Crippen molar-refractivity contribution in [2.75, 3.05) is 19.8 Å². The van der Waals surface area contributed by atoms with Crippen molar-refractivity contribution in [2.24, 2.45) is 0 Å². The lowest BCUT2D eigenvalue weighted by molar-refractivity contribution is -0.385. The van der Waals surface area contributed by atoms with Gasteiger partial charge in [0, 0.05) is 18.2 Å². The smallest absolute Gasteiger partial charge is 0.272 e. The van der Waals surface area contributed by atoms with E-state index >= 15 is 0 Å². The molecule has 0 aromatic heterocycles. The zero-order valence-electron chi connectivity index (χ0n) is 12.5. The molecule has 1 fully saturated rings. The van der Waals surface area contributed by atoms with Gasteiger partial charge in [0.1, 0.15) is 6.04 Å².